The smallest absolute Gasteiger partial charge is 0.207 e. The summed E-state index contributed by atoms with van der Waals surface area (Å²) in [5.74, 6) is 0.374. The van der Waals surface area contributed by atoms with Crippen molar-refractivity contribution in [3.05, 3.63) is 0 Å². The van der Waals surface area contributed by atoms with E-state index in [-0.39, 0.29) is 5.12 Å². The maximum absolute atomic E-state index is 10.1. The number of carbonyl (C=O) groups excluding carboxylic acids is 2. The molecule has 0 aliphatic heterocycles. The van der Waals surface area contributed by atoms with Crippen molar-refractivity contribution in [2.45, 2.75) is 6.92 Å². The highest BCUT2D eigenvalue weighted by atomic mass is 32.2. The molecule has 8 heavy (non-hydrogen) atoms. The second kappa shape index (κ2) is 4.64. The second-order valence-electron chi connectivity index (χ2n) is 1.10. The van der Waals surface area contributed by atoms with E-state index < -0.39 is 0 Å². The minimum Gasteiger partial charge on any atom is -0.349 e. The molecule has 4 heteroatoms. The van der Waals surface area contributed by atoms with E-state index in [2.05, 4.69) is 5.32 Å². The number of thioether (sulfide) groups is 1. The minimum absolute atomic E-state index is 0.0133. The first-order chi connectivity index (χ1) is 3.77. The summed E-state index contributed by atoms with van der Waals surface area (Å²) in [6.45, 7) is 1.46. The van der Waals surface area contributed by atoms with Crippen molar-refractivity contribution in [1.29, 1.82) is 0 Å². The monoisotopic (exact) mass is 133 g/mol. The fourth-order valence-electron chi connectivity index (χ4n) is 0.177. The number of amides is 1. The number of rotatable bonds is 3. The fraction of sp³-hybridized carbons (Fsp3) is 0.500. The lowest BCUT2D eigenvalue weighted by atomic mass is 10.9. The highest BCUT2D eigenvalue weighted by Crippen LogP contribution is 1.95. The molecular weight excluding hydrogens is 126 g/mol. The zero-order chi connectivity index (χ0) is 6.41. The van der Waals surface area contributed by atoms with Crippen LogP contribution in [0.5, 0.6) is 0 Å². The molecule has 1 amide bonds. The van der Waals surface area contributed by atoms with Gasteiger partial charge in [-0.25, -0.2) is 0 Å². The van der Waals surface area contributed by atoms with Crippen LogP contribution in [0.3, 0.4) is 0 Å². The number of hydrogen-bond donors (Lipinski definition) is 1. The zero-order valence-electron chi connectivity index (χ0n) is 4.51. The Morgan fingerprint density at radius 2 is 2.50 bits per heavy atom. The molecule has 0 saturated carbocycles. The first-order valence-corrected chi connectivity index (χ1v) is 3.06. The largest absolute Gasteiger partial charge is 0.349 e. The second-order valence-corrected chi connectivity index (χ2v) is 2.25. The molecule has 0 radical (unpaired) electrons. The Labute approximate surface area is 51.8 Å². The van der Waals surface area contributed by atoms with E-state index in [9.17, 15) is 9.59 Å². The molecule has 0 aliphatic carbocycles. The maximum atomic E-state index is 10.1. The first-order valence-electron chi connectivity index (χ1n) is 2.07. The van der Waals surface area contributed by atoms with Crippen LogP contribution in [0.15, 0.2) is 0 Å². The molecule has 0 rings (SSSR count). The normalized spacial score (nSPS) is 8.12. The Hall–Kier alpha value is -0.510. The van der Waals surface area contributed by atoms with Gasteiger partial charge >= 0.3 is 0 Å². The first kappa shape index (κ1) is 7.49. The van der Waals surface area contributed by atoms with E-state index in [4.69, 9.17) is 0 Å². The van der Waals surface area contributed by atoms with Crippen LogP contribution in [0.2, 0.25) is 0 Å². The van der Waals surface area contributed by atoms with E-state index in [1.165, 1.54) is 6.92 Å². The van der Waals surface area contributed by atoms with E-state index in [0.717, 1.165) is 11.8 Å². The topological polar surface area (TPSA) is 46.2 Å². The molecule has 0 aromatic heterocycles. The standard InChI is InChI=1S/C4H7NO2S/c1-4(7)8-3-5-2-6/h2H,3H2,1H3,(H,5,6). The van der Waals surface area contributed by atoms with Gasteiger partial charge in [0.25, 0.3) is 0 Å². The van der Waals surface area contributed by atoms with Crippen LogP contribution in [0.4, 0.5) is 0 Å². The molecule has 0 bridgehead atoms. The molecule has 0 aliphatic rings. The van der Waals surface area contributed by atoms with Gasteiger partial charge < -0.3 is 5.32 Å². The predicted octanol–water partition coefficient (Wildman–Crippen LogP) is -0.0304. The molecule has 0 heterocycles. The molecule has 0 unspecified atom stereocenters. The van der Waals surface area contributed by atoms with Crippen LogP contribution < -0.4 is 5.32 Å². The molecule has 3 nitrogen and oxygen atoms in total. The highest BCUT2D eigenvalue weighted by molar-refractivity contribution is 8.13. The van der Waals surface area contributed by atoms with Gasteiger partial charge in [-0.05, 0) is 0 Å². The quantitative estimate of drug-likeness (QED) is 0.334. The lowest BCUT2D eigenvalue weighted by Gasteiger charge is -1.90. The van der Waals surface area contributed by atoms with Gasteiger partial charge in [0.15, 0.2) is 5.12 Å². The van der Waals surface area contributed by atoms with Crippen LogP contribution in [0.1, 0.15) is 6.92 Å². The van der Waals surface area contributed by atoms with Crippen molar-refractivity contribution in [2.24, 2.45) is 0 Å². The third kappa shape index (κ3) is 5.49. The van der Waals surface area contributed by atoms with Crippen molar-refractivity contribution in [2.75, 3.05) is 5.88 Å². The van der Waals surface area contributed by atoms with Gasteiger partial charge in [-0.2, -0.15) is 0 Å². The molecule has 0 spiro atoms. The summed E-state index contributed by atoms with van der Waals surface area (Å²) in [6, 6.07) is 0. The van der Waals surface area contributed by atoms with E-state index in [0.29, 0.717) is 12.3 Å². The van der Waals surface area contributed by atoms with Gasteiger partial charge in [0, 0.05) is 6.92 Å². The van der Waals surface area contributed by atoms with E-state index in [1.54, 1.807) is 0 Å². The Morgan fingerprint density at radius 3 is 2.88 bits per heavy atom. The molecule has 0 aromatic carbocycles. The lowest BCUT2D eigenvalue weighted by Crippen LogP contribution is -2.09. The van der Waals surface area contributed by atoms with Crippen molar-refractivity contribution < 1.29 is 9.59 Å². The lowest BCUT2D eigenvalue weighted by molar-refractivity contribution is -0.109. The van der Waals surface area contributed by atoms with Gasteiger partial charge in [-0.1, -0.05) is 11.8 Å². The maximum Gasteiger partial charge on any atom is 0.207 e. The van der Waals surface area contributed by atoms with E-state index >= 15 is 0 Å². The Bertz CT molecular complexity index is 94.0. The van der Waals surface area contributed by atoms with Crippen molar-refractivity contribution in [3.63, 3.8) is 0 Å². The van der Waals surface area contributed by atoms with Crippen LogP contribution in [0, 0.1) is 0 Å². The molecule has 1 N–H and O–H groups in total. The van der Waals surface area contributed by atoms with Crippen molar-refractivity contribution in [1.82, 2.24) is 5.32 Å². The van der Waals surface area contributed by atoms with E-state index in [1.807, 2.05) is 0 Å². The molecule has 0 fully saturated rings. The van der Waals surface area contributed by atoms with Crippen LogP contribution in [0.25, 0.3) is 0 Å². The SMILES string of the molecule is CC(=O)SCNC=O. The van der Waals surface area contributed by atoms with Crippen molar-refractivity contribution in [3.8, 4) is 0 Å². The number of hydrogen-bond acceptors (Lipinski definition) is 3. The molecule has 0 aromatic rings. The molecular formula is C4H7NO2S. The van der Waals surface area contributed by atoms with Gasteiger partial charge in [0.1, 0.15) is 0 Å². The Morgan fingerprint density at radius 1 is 1.88 bits per heavy atom. The van der Waals surface area contributed by atoms with Crippen molar-refractivity contribution >= 4 is 23.3 Å². The Kier molecular flexibility index (Phi) is 4.35. The van der Waals surface area contributed by atoms with Gasteiger partial charge in [0.2, 0.25) is 6.41 Å². The summed E-state index contributed by atoms with van der Waals surface area (Å²) in [4.78, 5) is 19.7. The summed E-state index contributed by atoms with van der Waals surface area (Å²) in [6.07, 6.45) is 0.565. The average molecular weight is 133 g/mol. The highest BCUT2D eigenvalue weighted by Gasteiger charge is 1.88. The summed E-state index contributed by atoms with van der Waals surface area (Å²) in [5, 5.41) is 2.35. The predicted molar refractivity (Wildman–Crippen MR) is 32.3 cm³/mol. The molecule has 0 saturated heterocycles. The summed E-state index contributed by atoms with van der Waals surface area (Å²) in [7, 11) is 0. The third-order valence-corrected chi connectivity index (χ3v) is 1.16. The number of nitrogens with one attached hydrogen (secondary N) is 1. The Balaban J connectivity index is 2.93. The van der Waals surface area contributed by atoms with Crippen LogP contribution in [-0.2, 0) is 9.59 Å². The van der Waals surface area contributed by atoms with Gasteiger partial charge in [-0.3, -0.25) is 9.59 Å². The average Bonchev–Trinajstić information content (AvgIpc) is 1.66. The number of carbonyl (C=O) groups is 2. The van der Waals surface area contributed by atoms with Crippen LogP contribution in [-0.4, -0.2) is 17.4 Å². The summed E-state index contributed by atoms with van der Waals surface area (Å²) < 4.78 is 0. The zero-order valence-corrected chi connectivity index (χ0v) is 5.33. The minimum atomic E-state index is 0.0133. The molecule has 0 atom stereocenters. The fourth-order valence-corrected chi connectivity index (χ4v) is 0.532. The molecule has 46 valence electrons. The van der Waals surface area contributed by atoms with Gasteiger partial charge in [-0.15, -0.1) is 0 Å². The summed E-state index contributed by atoms with van der Waals surface area (Å²) >= 11 is 1.07. The third-order valence-electron chi connectivity index (χ3n) is 0.442. The van der Waals surface area contributed by atoms with Gasteiger partial charge in [0.05, 0.1) is 5.88 Å². The summed E-state index contributed by atoms with van der Waals surface area (Å²) in [5.41, 5.74) is 0. The van der Waals surface area contributed by atoms with Crippen LogP contribution >= 0.6 is 11.8 Å².